The number of nitrogens with zero attached hydrogens (tertiary/aromatic N) is 1. The molecule has 4 unspecified atom stereocenters. The topological polar surface area (TPSA) is 49.4 Å². The molecule has 1 rings (SSSR count). The van der Waals surface area contributed by atoms with Crippen LogP contribution in [0.1, 0.15) is 40.5 Å². The molecule has 106 valence electrons. The second kappa shape index (κ2) is 6.66. The van der Waals surface area contributed by atoms with Crippen molar-refractivity contribution in [2.24, 2.45) is 5.92 Å². The number of amides is 1. The van der Waals surface area contributed by atoms with Crippen molar-refractivity contribution in [1.82, 2.24) is 10.2 Å². The Hall–Kier alpha value is -0.420. The molecule has 1 N–H and O–H groups in total. The molecule has 0 spiro atoms. The van der Waals surface area contributed by atoms with Gasteiger partial charge in [-0.05, 0) is 19.3 Å². The van der Waals surface area contributed by atoms with Gasteiger partial charge in [0.25, 0.3) is 0 Å². The number of carbonyl (C=O) groups excluding carboxylic acids is 1. The Bertz CT molecular complexity index is 320. The first kappa shape index (κ1) is 15.6. The van der Waals surface area contributed by atoms with E-state index < -0.39 is 10.8 Å². The summed E-state index contributed by atoms with van der Waals surface area (Å²) >= 11 is 0. The van der Waals surface area contributed by atoms with E-state index in [9.17, 15) is 9.00 Å². The highest BCUT2D eigenvalue weighted by Gasteiger charge is 2.41. The molecule has 1 fully saturated rings. The van der Waals surface area contributed by atoms with Gasteiger partial charge in [0.15, 0.2) is 0 Å². The first-order chi connectivity index (χ1) is 8.38. The molecule has 1 aliphatic heterocycles. The summed E-state index contributed by atoms with van der Waals surface area (Å²) in [6.07, 6.45) is 3.79. The molecule has 5 heteroatoms. The molecule has 1 aliphatic rings. The highest BCUT2D eigenvalue weighted by molar-refractivity contribution is 7.84. The summed E-state index contributed by atoms with van der Waals surface area (Å²) in [5.74, 6) is 1.01. The second-order valence-electron chi connectivity index (χ2n) is 5.53. The minimum Gasteiger partial charge on any atom is -0.322 e. The Balaban J connectivity index is 2.83. The molecule has 0 bridgehead atoms. The SMILES string of the molecule is CCCC1NC(C(C)C)C(=O)N1C(C)CS(C)=O. The van der Waals surface area contributed by atoms with E-state index in [4.69, 9.17) is 0 Å². The molecule has 4 nitrogen and oxygen atoms in total. The van der Waals surface area contributed by atoms with Crippen molar-refractivity contribution in [2.75, 3.05) is 12.0 Å². The van der Waals surface area contributed by atoms with Crippen LogP contribution in [0.25, 0.3) is 0 Å². The van der Waals surface area contributed by atoms with Gasteiger partial charge in [0, 0.05) is 28.9 Å². The van der Waals surface area contributed by atoms with Crippen LogP contribution >= 0.6 is 0 Å². The lowest BCUT2D eigenvalue weighted by Gasteiger charge is -2.29. The van der Waals surface area contributed by atoms with Gasteiger partial charge >= 0.3 is 0 Å². The predicted octanol–water partition coefficient (Wildman–Crippen LogP) is 1.34. The molecule has 0 aromatic rings. The third-order valence-corrected chi connectivity index (χ3v) is 4.36. The lowest BCUT2D eigenvalue weighted by atomic mass is 10.0. The predicted molar refractivity (Wildman–Crippen MR) is 75.7 cm³/mol. The zero-order chi connectivity index (χ0) is 13.9. The third-order valence-electron chi connectivity index (χ3n) is 3.41. The summed E-state index contributed by atoms with van der Waals surface area (Å²) in [6, 6.07) is -0.0505. The molecule has 0 aliphatic carbocycles. The summed E-state index contributed by atoms with van der Waals surface area (Å²) in [4.78, 5) is 14.3. The molecular formula is C13H26N2O2S. The average Bonchev–Trinajstić information content (AvgIpc) is 2.55. The van der Waals surface area contributed by atoms with Crippen molar-refractivity contribution in [2.45, 2.75) is 58.8 Å². The van der Waals surface area contributed by atoms with Crippen LogP contribution in [0.3, 0.4) is 0 Å². The van der Waals surface area contributed by atoms with Crippen LogP contribution in [-0.4, -0.2) is 45.3 Å². The normalized spacial score (nSPS) is 27.9. The number of hydrogen-bond acceptors (Lipinski definition) is 3. The van der Waals surface area contributed by atoms with Gasteiger partial charge in [0.1, 0.15) is 0 Å². The van der Waals surface area contributed by atoms with E-state index in [-0.39, 0.29) is 24.2 Å². The van der Waals surface area contributed by atoms with Gasteiger partial charge in [0.2, 0.25) is 5.91 Å². The first-order valence-corrected chi connectivity index (χ1v) is 8.49. The van der Waals surface area contributed by atoms with E-state index in [1.54, 1.807) is 6.26 Å². The minimum atomic E-state index is -0.869. The van der Waals surface area contributed by atoms with Gasteiger partial charge in [-0.3, -0.25) is 14.3 Å². The standard InChI is InChI=1S/C13H26N2O2S/c1-6-7-11-14-12(9(2)3)13(16)15(11)10(4)8-18(5)17/h9-12,14H,6-8H2,1-5H3. The van der Waals surface area contributed by atoms with Crippen molar-refractivity contribution in [1.29, 1.82) is 0 Å². The monoisotopic (exact) mass is 274 g/mol. The van der Waals surface area contributed by atoms with E-state index in [2.05, 4.69) is 26.1 Å². The van der Waals surface area contributed by atoms with Crippen LogP contribution in [0.15, 0.2) is 0 Å². The van der Waals surface area contributed by atoms with Crippen LogP contribution in [0.5, 0.6) is 0 Å². The van der Waals surface area contributed by atoms with Gasteiger partial charge in [-0.25, -0.2) is 0 Å². The second-order valence-corrected chi connectivity index (χ2v) is 7.01. The lowest BCUT2D eigenvalue weighted by Crippen LogP contribution is -2.45. The Labute approximate surface area is 113 Å². The molecule has 0 aromatic carbocycles. The van der Waals surface area contributed by atoms with E-state index in [0.29, 0.717) is 11.7 Å². The van der Waals surface area contributed by atoms with Crippen LogP contribution in [0, 0.1) is 5.92 Å². The van der Waals surface area contributed by atoms with Crippen LogP contribution < -0.4 is 5.32 Å². The minimum absolute atomic E-state index is 0.0381. The summed E-state index contributed by atoms with van der Waals surface area (Å²) in [5.41, 5.74) is 0. The molecule has 0 saturated carbocycles. The quantitative estimate of drug-likeness (QED) is 0.795. The highest BCUT2D eigenvalue weighted by atomic mass is 32.2. The molecule has 1 amide bonds. The van der Waals surface area contributed by atoms with Crippen molar-refractivity contribution < 1.29 is 9.00 Å². The van der Waals surface area contributed by atoms with E-state index >= 15 is 0 Å². The third kappa shape index (κ3) is 3.54. The fourth-order valence-electron chi connectivity index (χ4n) is 2.59. The molecule has 4 atom stereocenters. The molecule has 0 aromatic heterocycles. The summed E-state index contributed by atoms with van der Waals surface area (Å²) < 4.78 is 11.4. The molecular weight excluding hydrogens is 248 g/mol. The Morgan fingerprint density at radius 3 is 2.44 bits per heavy atom. The highest BCUT2D eigenvalue weighted by Crippen LogP contribution is 2.22. The van der Waals surface area contributed by atoms with E-state index in [0.717, 1.165) is 12.8 Å². The first-order valence-electron chi connectivity index (χ1n) is 6.76. The fourth-order valence-corrected chi connectivity index (χ4v) is 3.43. The summed E-state index contributed by atoms with van der Waals surface area (Å²) in [5, 5.41) is 3.42. The van der Waals surface area contributed by atoms with Gasteiger partial charge in [-0.15, -0.1) is 0 Å². The molecule has 18 heavy (non-hydrogen) atoms. The van der Waals surface area contributed by atoms with Crippen LogP contribution in [0.4, 0.5) is 0 Å². The number of hydrogen-bond donors (Lipinski definition) is 1. The smallest absolute Gasteiger partial charge is 0.241 e. The van der Waals surface area contributed by atoms with Gasteiger partial charge in [-0.1, -0.05) is 27.2 Å². The van der Waals surface area contributed by atoms with E-state index in [1.807, 2.05) is 11.8 Å². The Morgan fingerprint density at radius 1 is 1.39 bits per heavy atom. The largest absolute Gasteiger partial charge is 0.322 e. The van der Waals surface area contributed by atoms with Crippen LogP contribution in [0.2, 0.25) is 0 Å². The summed E-state index contributed by atoms with van der Waals surface area (Å²) in [7, 11) is -0.869. The number of rotatable bonds is 6. The Kier molecular flexibility index (Phi) is 5.79. The maximum absolute atomic E-state index is 12.4. The fraction of sp³-hybridized carbons (Fsp3) is 0.923. The zero-order valence-electron chi connectivity index (χ0n) is 12.1. The number of nitrogens with one attached hydrogen (secondary N) is 1. The molecule has 1 heterocycles. The van der Waals surface area contributed by atoms with Crippen molar-refractivity contribution in [3.8, 4) is 0 Å². The van der Waals surface area contributed by atoms with Gasteiger partial charge in [0.05, 0.1) is 12.2 Å². The average molecular weight is 274 g/mol. The zero-order valence-corrected chi connectivity index (χ0v) is 12.9. The van der Waals surface area contributed by atoms with E-state index in [1.165, 1.54) is 0 Å². The lowest BCUT2D eigenvalue weighted by molar-refractivity contribution is -0.132. The van der Waals surface area contributed by atoms with Crippen molar-refractivity contribution in [3.05, 3.63) is 0 Å². The number of carbonyl (C=O) groups is 1. The summed E-state index contributed by atoms with van der Waals surface area (Å²) in [6.45, 7) is 8.23. The van der Waals surface area contributed by atoms with Crippen molar-refractivity contribution >= 4 is 16.7 Å². The van der Waals surface area contributed by atoms with Gasteiger partial charge < -0.3 is 4.90 Å². The van der Waals surface area contributed by atoms with Crippen LogP contribution in [-0.2, 0) is 15.6 Å². The maximum atomic E-state index is 12.4. The molecule has 0 radical (unpaired) electrons. The molecule has 1 saturated heterocycles. The maximum Gasteiger partial charge on any atom is 0.241 e. The van der Waals surface area contributed by atoms with Gasteiger partial charge in [-0.2, -0.15) is 0 Å². The Morgan fingerprint density at radius 2 is 2.00 bits per heavy atom. The van der Waals surface area contributed by atoms with Crippen molar-refractivity contribution in [3.63, 3.8) is 0 Å².